The molecule has 0 aromatic heterocycles. The first-order valence-corrected chi connectivity index (χ1v) is 6.49. The van der Waals surface area contributed by atoms with Crippen LogP contribution in [0.3, 0.4) is 0 Å². The molecule has 1 N–H and O–H groups in total. The molecule has 0 bridgehead atoms. The second-order valence-corrected chi connectivity index (χ2v) is 4.74. The Morgan fingerprint density at radius 2 is 2.11 bits per heavy atom. The third-order valence-corrected chi connectivity index (χ3v) is 3.04. The monoisotopic (exact) mass is 361 g/mol. The molecule has 5 heteroatoms. The van der Waals surface area contributed by atoms with Crippen molar-refractivity contribution >= 4 is 34.6 Å². The summed E-state index contributed by atoms with van der Waals surface area (Å²) in [6.07, 6.45) is 3.82. The van der Waals surface area contributed by atoms with E-state index in [4.69, 9.17) is 9.47 Å². The lowest BCUT2D eigenvalue weighted by Gasteiger charge is -2.10. The highest BCUT2D eigenvalue weighted by Crippen LogP contribution is 2.33. The van der Waals surface area contributed by atoms with Gasteiger partial charge in [0.25, 0.3) is 0 Å². The molecule has 0 aliphatic rings. The summed E-state index contributed by atoms with van der Waals surface area (Å²) in [6.45, 7) is 2.01. The number of methoxy groups -OCH3 is 2. The molecule has 0 radical (unpaired) electrons. The largest absolute Gasteiger partial charge is 0.493 e. The predicted octanol–water partition coefficient (Wildman–Crippen LogP) is 2.46. The molecule has 0 atom stereocenters. The zero-order chi connectivity index (χ0) is 13.5. The van der Waals surface area contributed by atoms with Crippen molar-refractivity contribution in [2.45, 2.75) is 6.92 Å². The fourth-order valence-electron chi connectivity index (χ4n) is 1.43. The van der Waals surface area contributed by atoms with Crippen LogP contribution < -0.4 is 14.8 Å². The van der Waals surface area contributed by atoms with Gasteiger partial charge in [0, 0.05) is 13.5 Å². The Labute approximate surface area is 120 Å². The summed E-state index contributed by atoms with van der Waals surface area (Å²) >= 11 is 2.20. The number of amides is 1. The molecule has 18 heavy (non-hydrogen) atoms. The summed E-state index contributed by atoms with van der Waals surface area (Å²) < 4.78 is 11.5. The molecule has 98 valence electrons. The number of carbonyl (C=O) groups is 1. The van der Waals surface area contributed by atoms with Crippen LogP contribution in [0.15, 0.2) is 18.2 Å². The van der Waals surface area contributed by atoms with Gasteiger partial charge in [0.2, 0.25) is 5.91 Å². The minimum absolute atomic E-state index is 0.0402. The Kier molecular flexibility index (Phi) is 5.97. The zero-order valence-electron chi connectivity index (χ0n) is 10.6. The van der Waals surface area contributed by atoms with Crippen LogP contribution in [0.25, 0.3) is 6.08 Å². The lowest BCUT2D eigenvalue weighted by molar-refractivity contribution is -0.118. The van der Waals surface area contributed by atoms with E-state index in [2.05, 4.69) is 27.9 Å². The summed E-state index contributed by atoms with van der Waals surface area (Å²) in [5.41, 5.74) is 1.00. The molecule has 0 fully saturated rings. The highest BCUT2D eigenvalue weighted by molar-refractivity contribution is 14.1. The Morgan fingerprint density at radius 1 is 1.39 bits per heavy atom. The Balaban J connectivity index is 2.84. The minimum Gasteiger partial charge on any atom is -0.493 e. The topological polar surface area (TPSA) is 47.6 Å². The van der Waals surface area contributed by atoms with Gasteiger partial charge in [-0.15, -0.1) is 0 Å². The summed E-state index contributed by atoms with van der Waals surface area (Å²) in [6, 6.07) is 3.89. The van der Waals surface area contributed by atoms with Gasteiger partial charge in [-0.05, 0) is 40.3 Å². The van der Waals surface area contributed by atoms with Crippen molar-refractivity contribution in [1.82, 2.24) is 5.32 Å². The lowest BCUT2D eigenvalue weighted by atomic mass is 10.2. The summed E-state index contributed by atoms with van der Waals surface area (Å²) in [5.74, 6) is 1.39. The highest BCUT2D eigenvalue weighted by atomic mass is 127. The van der Waals surface area contributed by atoms with Crippen LogP contribution in [-0.2, 0) is 4.79 Å². The summed E-state index contributed by atoms with van der Waals surface area (Å²) in [7, 11) is 3.23. The van der Waals surface area contributed by atoms with Crippen molar-refractivity contribution in [2.24, 2.45) is 0 Å². The molecular formula is C13H16INO3. The molecule has 4 nitrogen and oxygen atoms in total. The van der Waals surface area contributed by atoms with E-state index in [1.165, 1.54) is 6.92 Å². The second-order valence-electron chi connectivity index (χ2n) is 3.58. The van der Waals surface area contributed by atoms with Gasteiger partial charge in [0.1, 0.15) is 0 Å². The van der Waals surface area contributed by atoms with Gasteiger partial charge in [-0.2, -0.15) is 0 Å². The number of rotatable bonds is 5. The number of hydrogen-bond acceptors (Lipinski definition) is 3. The minimum atomic E-state index is -0.0402. The van der Waals surface area contributed by atoms with Crippen LogP contribution in [0.4, 0.5) is 0 Å². The van der Waals surface area contributed by atoms with Gasteiger partial charge in [-0.25, -0.2) is 0 Å². The summed E-state index contributed by atoms with van der Waals surface area (Å²) in [4.78, 5) is 10.7. The second kappa shape index (κ2) is 7.25. The summed E-state index contributed by atoms with van der Waals surface area (Å²) in [5, 5.41) is 2.70. The zero-order valence-corrected chi connectivity index (χ0v) is 12.8. The first-order valence-electron chi connectivity index (χ1n) is 5.41. The van der Waals surface area contributed by atoms with Crippen molar-refractivity contribution < 1.29 is 14.3 Å². The molecule has 0 heterocycles. The van der Waals surface area contributed by atoms with Crippen molar-refractivity contribution in [3.8, 4) is 11.5 Å². The fourth-order valence-corrected chi connectivity index (χ4v) is 2.28. The van der Waals surface area contributed by atoms with Crippen molar-refractivity contribution in [2.75, 3.05) is 20.8 Å². The van der Waals surface area contributed by atoms with Gasteiger partial charge in [0.15, 0.2) is 11.5 Å². The lowest BCUT2D eigenvalue weighted by Crippen LogP contribution is -2.19. The van der Waals surface area contributed by atoms with Gasteiger partial charge in [0.05, 0.1) is 17.8 Å². The van der Waals surface area contributed by atoms with Crippen LogP contribution in [0.1, 0.15) is 12.5 Å². The van der Waals surface area contributed by atoms with E-state index in [-0.39, 0.29) is 5.91 Å². The molecule has 0 spiro atoms. The average molecular weight is 361 g/mol. The third kappa shape index (κ3) is 4.21. The van der Waals surface area contributed by atoms with E-state index in [9.17, 15) is 4.79 Å². The van der Waals surface area contributed by atoms with E-state index in [1.54, 1.807) is 14.2 Å². The standard InChI is InChI=1S/C13H16INO3/c1-9(16)15-6-4-5-10-7-11(14)13(18-3)12(8-10)17-2/h4-5,7-8H,6H2,1-3H3,(H,15,16). The first-order chi connectivity index (χ1) is 8.58. The van der Waals surface area contributed by atoms with Crippen LogP contribution in [0.5, 0.6) is 11.5 Å². The van der Waals surface area contributed by atoms with Crippen LogP contribution in [0, 0.1) is 3.57 Å². The molecule has 1 rings (SSSR count). The first kappa shape index (κ1) is 14.8. The number of hydrogen-bond donors (Lipinski definition) is 1. The highest BCUT2D eigenvalue weighted by Gasteiger charge is 2.08. The van der Waals surface area contributed by atoms with Crippen LogP contribution in [0.2, 0.25) is 0 Å². The van der Waals surface area contributed by atoms with E-state index in [0.29, 0.717) is 12.3 Å². The fraction of sp³-hybridized carbons (Fsp3) is 0.308. The number of carbonyl (C=O) groups excluding carboxylic acids is 1. The van der Waals surface area contributed by atoms with Crippen LogP contribution >= 0.6 is 22.6 Å². The maximum atomic E-state index is 10.7. The third-order valence-electron chi connectivity index (χ3n) is 2.24. The molecule has 0 aliphatic carbocycles. The van der Waals surface area contributed by atoms with Gasteiger partial charge >= 0.3 is 0 Å². The van der Waals surface area contributed by atoms with Crippen LogP contribution in [-0.4, -0.2) is 26.7 Å². The number of benzene rings is 1. The average Bonchev–Trinajstić information content (AvgIpc) is 2.33. The van der Waals surface area contributed by atoms with Crippen molar-refractivity contribution in [3.63, 3.8) is 0 Å². The molecule has 1 aromatic rings. The Bertz CT molecular complexity index is 458. The number of ether oxygens (including phenoxy) is 2. The molecule has 0 unspecified atom stereocenters. The molecule has 0 aliphatic heterocycles. The quantitative estimate of drug-likeness (QED) is 0.820. The van der Waals surface area contributed by atoms with E-state index in [1.807, 2.05) is 24.3 Å². The van der Waals surface area contributed by atoms with Gasteiger partial charge in [-0.1, -0.05) is 12.2 Å². The maximum Gasteiger partial charge on any atom is 0.217 e. The SMILES string of the molecule is COc1cc(C=CCNC(C)=O)cc(I)c1OC. The number of halogens is 1. The normalized spacial score (nSPS) is 10.4. The van der Waals surface area contributed by atoms with E-state index in [0.717, 1.165) is 14.9 Å². The Morgan fingerprint density at radius 3 is 2.67 bits per heavy atom. The van der Waals surface area contributed by atoms with Crippen molar-refractivity contribution in [3.05, 3.63) is 27.3 Å². The number of nitrogens with one attached hydrogen (secondary N) is 1. The predicted molar refractivity (Wildman–Crippen MR) is 80.0 cm³/mol. The van der Waals surface area contributed by atoms with Gasteiger partial charge < -0.3 is 14.8 Å². The molecule has 0 saturated heterocycles. The molecule has 1 amide bonds. The molecule has 0 saturated carbocycles. The maximum absolute atomic E-state index is 10.7. The van der Waals surface area contributed by atoms with Gasteiger partial charge in [-0.3, -0.25) is 4.79 Å². The molecule has 1 aromatic carbocycles. The Hall–Kier alpha value is -1.24. The van der Waals surface area contributed by atoms with Crippen molar-refractivity contribution in [1.29, 1.82) is 0 Å². The van der Waals surface area contributed by atoms with E-state index < -0.39 is 0 Å². The van der Waals surface area contributed by atoms with E-state index >= 15 is 0 Å². The smallest absolute Gasteiger partial charge is 0.217 e. The molecular weight excluding hydrogens is 345 g/mol.